The molecule has 112 valence electrons. The highest BCUT2D eigenvalue weighted by atomic mass is 35.5. The van der Waals surface area contributed by atoms with Crippen molar-refractivity contribution < 1.29 is 18.7 Å². The number of hydrogen-bond donors (Lipinski definition) is 1. The number of hydrogen-bond acceptors (Lipinski definition) is 3. The van der Waals surface area contributed by atoms with E-state index in [-0.39, 0.29) is 5.75 Å². The number of benzene rings is 2. The number of ether oxygens (including phenoxy) is 1. The third-order valence-electron chi connectivity index (χ3n) is 2.50. The molecule has 0 fully saturated rings. The zero-order chi connectivity index (χ0) is 15.9. The summed E-state index contributed by atoms with van der Waals surface area (Å²) < 4.78 is 17.8. The van der Waals surface area contributed by atoms with E-state index in [4.69, 9.17) is 16.3 Å². The Morgan fingerprint density at radius 1 is 1.09 bits per heavy atom. The van der Waals surface area contributed by atoms with Crippen molar-refractivity contribution in [2.24, 2.45) is 0 Å². The highest BCUT2D eigenvalue weighted by Crippen LogP contribution is 2.14. The first-order valence-corrected chi connectivity index (χ1v) is 6.63. The fourth-order valence-electron chi connectivity index (χ4n) is 1.54. The van der Waals surface area contributed by atoms with Gasteiger partial charge in [0.15, 0.2) is 0 Å². The summed E-state index contributed by atoms with van der Waals surface area (Å²) >= 11 is 5.72. The van der Waals surface area contributed by atoms with E-state index in [0.29, 0.717) is 10.7 Å². The van der Waals surface area contributed by atoms with Crippen molar-refractivity contribution >= 4 is 29.2 Å². The lowest BCUT2D eigenvalue weighted by molar-refractivity contribution is -0.129. The third kappa shape index (κ3) is 5.03. The van der Waals surface area contributed by atoms with Crippen molar-refractivity contribution in [3.8, 4) is 5.75 Å². The van der Waals surface area contributed by atoms with Gasteiger partial charge in [0.25, 0.3) is 0 Å². The minimum absolute atomic E-state index is 0.0627. The Balaban J connectivity index is 1.89. The van der Waals surface area contributed by atoms with Gasteiger partial charge in [-0.05, 0) is 36.4 Å². The Hall–Kier alpha value is -2.66. The Labute approximate surface area is 131 Å². The number of halogens is 2. The van der Waals surface area contributed by atoms with Crippen LogP contribution in [-0.2, 0) is 9.59 Å². The van der Waals surface area contributed by atoms with Crippen LogP contribution >= 0.6 is 11.6 Å². The van der Waals surface area contributed by atoms with E-state index >= 15 is 0 Å². The van der Waals surface area contributed by atoms with Gasteiger partial charge in [-0.2, -0.15) is 0 Å². The van der Waals surface area contributed by atoms with Crippen molar-refractivity contribution in [1.29, 1.82) is 0 Å². The zero-order valence-electron chi connectivity index (χ0n) is 11.3. The average molecular weight is 320 g/mol. The van der Waals surface area contributed by atoms with E-state index in [9.17, 15) is 14.0 Å². The van der Waals surface area contributed by atoms with Gasteiger partial charge in [-0.1, -0.05) is 17.7 Å². The fourth-order valence-corrected chi connectivity index (χ4v) is 1.67. The van der Waals surface area contributed by atoms with Crippen LogP contribution in [0.2, 0.25) is 5.02 Å². The lowest BCUT2D eigenvalue weighted by atomic mass is 10.3. The SMILES string of the molecule is O=C(/C=C/C(=O)Oc1cccc(F)c1)Nc1ccc(Cl)cc1. The molecular weight excluding hydrogens is 309 g/mol. The second-order valence-corrected chi connectivity index (χ2v) is 4.64. The average Bonchev–Trinajstić information content (AvgIpc) is 2.48. The maximum atomic E-state index is 12.9. The molecule has 0 atom stereocenters. The van der Waals surface area contributed by atoms with Crippen molar-refractivity contribution in [2.75, 3.05) is 5.32 Å². The maximum Gasteiger partial charge on any atom is 0.336 e. The van der Waals surface area contributed by atoms with Crippen LogP contribution in [0.4, 0.5) is 10.1 Å². The second kappa shape index (κ2) is 7.38. The molecule has 0 aliphatic rings. The highest BCUT2D eigenvalue weighted by Gasteiger charge is 2.03. The number of carbonyl (C=O) groups excluding carboxylic acids is 2. The molecule has 2 aromatic carbocycles. The first-order chi connectivity index (χ1) is 10.5. The summed E-state index contributed by atoms with van der Waals surface area (Å²) in [5, 5.41) is 3.09. The van der Waals surface area contributed by atoms with E-state index in [2.05, 4.69) is 5.32 Å². The van der Waals surface area contributed by atoms with Gasteiger partial charge < -0.3 is 10.1 Å². The summed E-state index contributed by atoms with van der Waals surface area (Å²) in [5.41, 5.74) is 0.539. The molecule has 2 aromatic rings. The van der Waals surface area contributed by atoms with Crippen LogP contribution in [0.15, 0.2) is 60.7 Å². The van der Waals surface area contributed by atoms with Gasteiger partial charge in [0.05, 0.1) is 0 Å². The van der Waals surface area contributed by atoms with Crippen LogP contribution in [0.1, 0.15) is 0 Å². The molecule has 0 saturated heterocycles. The summed E-state index contributed by atoms with van der Waals surface area (Å²) in [6.45, 7) is 0. The van der Waals surface area contributed by atoms with Crippen molar-refractivity contribution in [3.05, 3.63) is 71.5 Å². The van der Waals surface area contributed by atoms with E-state index in [1.54, 1.807) is 24.3 Å². The topological polar surface area (TPSA) is 55.4 Å². The largest absolute Gasteiger partial charge is 0.423 e. The summed E-state index contributed by atoms with van der Waals surface area (Å²) in [7, 11) is 0. The predicted molar refractivity (Wildman–Crippen MR) is 81.3 cm³/mol. The Morgan fingerprint density at radius 3 is 2.50 bits per heavy atom. The molecule has 1 amide bonds. The number of nitrogens with one attached hydrogen (secondary N) is 1. The standard InChI is InChI=1S/C16H11ClFNO3/c17-11-4-6-13(7-5-11)19-15(20)8-9-16(21)22-14-3-1-2-12(18)10-14/h1-10H,(H,19,20)/b9-8+. The molecule has 0 aromatic heterocycles. The Morgan fingerprint density at radius 2 is 1.82 bits per heavy atom. The Kier molecular flexibility index (Phi) is 5.27. The smallest absolute Gasteiger partial charge is 0.336 e. The second-order valence-electron chi connectivity index (χ2n) is 4.21. The monoisotopic (exact) mass is 319 g/mol. The molecule has 0 spiro atoms. The minimum Gasteiger partial charge on any atom is -0.423 e. The Bertz CT molecular complexity index is 714. The van der Waals surface area contributed by atoms with Crippen LogP contribution in [0.25, 0.3) is 0 Å². The molecule has 0 aliphatic carbocycles. The van der Waals surface area contributed by atoms with Gasteiger partial charge in [-0.3, -0.25) is 4.79 Å². The number of anilines is 1. The third-order valence-corrected chi connectivity index (χ3v) is 2.75. The van der Waals surface area contributed by atoms with E-state index < -0.39 is 17.7 Å². The molecule has 6 heteroatoms. The summed E-state index contributed by atoms with van der Waals surface area (Å²) in [5.74, 6) is -1.74. The molecule has 2 rings (SSSR count). The normalized spacial score (nSPS) is 10.5. The van der Waals surface area contributed by atoms with Crippen molar-refractivity contribution in [3.63, 3.8) is 0 Å². The van der Waals surface area contributed by atoms with E-state index in [0.717, 1.165) is 18.2 Å². The fraction of sp³-hybridized carbons (Fsp3) is 0. The van der Waals surface area contributed by atoms with Gasteiger partial charge in [0.2, 0.25) is 5.91 Å². The van der Waals surface area contributed by atoms with Crippen LogP contribution in [0.3, 0.4) is 0 Å². The maximum absolute atomic E-state index is 12.9. The van der Waals surface area contributed by atoms with E-state index in [1.165, 1.54) is 18.2 Å². The number of esters is 1. The summed E-state index contributed by atoms with van der Waals surface area (Å²) in [4.78, 5) is 23.1. The number of carbonyl (C=O) groups is 2. The van der Waals surface area contributed by atoms with Crippen molar-refractivity contribution in [2.45, 2.75) is 0 Å². The minimum atomic E-state index is -0.781. The summed E-state index contributed by atoms with van der Waals surface area (Å²) in [6.07, 6.45) is 1.98. The van der Waals surface area contributed by atoms with Gasteiger partial charge in [-0.15, -0.1) is 0 Å². The first-order valence-electron chi connectivity index (χ1n) is 6.25. The van der Waals surface area contributed by atoms with Gasteiger partial charge >= 0.3 is 5.97 Å². The zero-order valence-corrected chi connectivity index (χ0v) is 12.0. The molecule has 0 saturated carbocycles. The van der Waals surface area contributed by atoms with E-state index in [1.807, 2.05) is 0 Å². The lowest BCUT2D eigenvalue weighted by Gasteiger charge is -2.02. The van der Waals surface area contributed by atoms with Crippen LogP contribution in [-0.4, -0.2) is 11.9 Å². The number of amides is 1. The molecule has 22 heavy (non-hydrogen) atoms. The molecule has 4 nitrogen and oxygen atoms in total. The molecular formula is C16H11ClFNO3. The molecule has 1 N–H and O–H groups in total. The molecule has 0 unspecified atom stereocenters. The van der Waals surface area contributed by atoms with Crippen molar-refractivity contribution in [1.82, 2.24) is 0 Å². The molecule has 0 bridgehead atoms. The lowest BCUT2D eigenvalue weighted by Crippen LogP contribution is -2.10. The van der Waals surface area contributed by atoms with Gasteiger partial charge in [0, 0.05) is 28.9 Å². The van der Waals surface area contributed by atoms with Crippen LogP contribution < -0.4 is 10.1 Å². The predicted octanol–water partition coefficient (Wildman–Crippen LogP) is 3.58. The van der Waals surface area contributed by atoms with Crippen LogP contribution in [0, 0.1) is 5.82 Å². The quantitative estimate of drug-likeness (QED) is 0.532. The number of rotatable bonds is 4. The first kappa shape index (κ1) is 15.7. The summed E-state index contributed by atoms with van der Waals surface area (Å²) in [6, 6.07) is 11.6. The van der Waals surface area contributed by atoms with Gasteiger partial charge in [0.1, 0.15) is 11.6 Å². The van der Waals surface area contributed by atoms with Crippen LogP contribution in [0.5, 0.6) is 5.75 Å². The molecule has 0 aliphatic heterocycles. The highest BCUT2D eigenvalue weighted by molar-refractivity contribution is 6.30. The van der Waals surface area contributed by atoms with Gasteiger partial charge in [-0.25, -0.2) is 9.18 Å². The molecule has 0 heterocycles. The molecule has 0 radical (unpaired) electrons.